The summed E-state index contributed by atoms with van der Waals surface area (Å²) in [7, 11) is 0. The number of likely N-dealkylation sites (N-methyl/N-ethyl adjacent to an activating group) is 1. The van der Waals surface area contributed by atoms with E-state index in [2.05, 4.69) is 45.1 Å². The molecule has 0 radical (unpaired) electrons. The van der Waals surface area contributed by atoms with Crippen LogP contribution in [0.5, 0.6) is 0 Å². The first-order valence-corrected chi connectivity index (χ1v) is 10.3. The second kappa shape index (κ2) is 9.92. The number of benzene rings is 1. The lowest BCUT2D eigenvalue weighted by Crippen LogP contribution is -2.57. The van der Waals surface area contributed by atoms with Crippen LogP contribution in [-0.2, 0) is 4.79 Å². The lowest BCUT2D eigenvalue weighted by atomic mass is 9.85. The molecule has 2 N–H and O–H groups in total. The zero-order chi connectivity index (χ0) is 20.8. The van der Waals surface area contributed by atoms with E-state index in [4.69, 9.17) is 5.11 Å². The number of urea groups is 1. The molecule has 0 aliphatic heterocycles. The van der Waals surface area contributed by atoms with Crippen LogP contribution in [0.15, 0.2) is 24.3 Å². The first-order valence-electron chi connectivity index (χ1n) is 10.3. The van der Waals surface area contributed by atoms with Crippen LogP contribution in [-0.4, -0.2) is 58.6 Å². The SMILES string of the molecule is CCN(CC(=O)O)C1CC(NC(=O)N(CC(C)C)C(C)c2ccccc2C)C1. The maximum atomic E-state index is 13.0. The van der Waals surface area contributed by atoms with Gasteiger partial charge in [-0.05, 0) is 50.3 Å². The number of rotatable bonds is 9. The Labute approximate surface area is 168 Å². The number of aryl methyl sites for hydroxylation is 1. The molecule has 1 fully saturated rings. The van der Waals surface area contributed by atoms with Crippen LogP contribution in [0.4, 0.5) is 4.79 Å². The first-order chi connectivity index (χ1) is 13.2. The maximum Gasteiger partial charge on any atom is 0.318 e. The summed E-state index contributed by atoms with van der Waals surface area (Å²) in [6.45, 7) is 11.8. The standard InChI is InChI=1S/C22H35N3O3/c1-6-24(14-21(26)27)19-11-18(12-19)23-22(28)25(13-15(2)3)17(5)20-10-8-7-9-16(20)4/h7-10,15,17-19H,6,11-14H2,1-5H3,(H,23,28)(H,26,27). The molecule has 2 rings (SSSR count). The molecular formula is C22H35N3O3. The van der Waals surface area contributed by atoms with E-state index < -0.39 is 5.97 Å². The van der Waals surface area contributed by atoms with Gasteiger partial charge in [-0.1, -0.05) is 45.0 Å². The van der Waals surface area contributed by atoms with Crippen LogP contribution in [0.1, 0.15) is 57.7 Å². The molecule has 0 bridgehead atoms. The molecule has 2 amide bonds. The molecule has 1 aliphatic carbocycles. The van der Waals surface area contributed by atoms with Gasteiger partial charge in [-0.3, -0.25) is 9.69 Å². The first kappa shape index (κ1) is 22.2. The fourth-order valence-electron chi connectivity index (χ4n) is 3.97. The Hall–Kier alpha value is -2.08. The van der Waals surface area contributed by atoms with Gasteiger partial charge >= 0.3 is 12.0 Å². The monoisotopic (exact) mass is 389 g/mol. The average Bonchev–Trinajstić information content (AvgIpc) is 2.60. The second-order valence-corrected chi connectivity index (χ2v) is 8.31. The minimum atomic E-state index is -0.801. The number of carbonyl (C=O) groups is 2. The molecule has 0 spiro atoms. The van der Waals surface area contributed by atoms with E-state index in [0.717, 1.165) is 12.8 Å². The number of amides is 2. The summed E-state index contributed by atoms with van der Waals surface area (Å²) in [6, 6.07) is 8.51. The van der Waals surface area contributed by atoms with E-state index in [0.29, 0.717) is 19.0 Å². The quantitative estimate of drug-likeness (QED) is 0.676. The number of nitrogens with one attached hydrogen (secondary N) is 1. The highest BCUT2D eigenvalue weighted by atomic mass is 16.4. The van der Waals surface area contributed by atoms with E-state index >= 15 is 0 Å². The molecule has 0 aromatic heterocycles. The van der Waals surface area contributed by atoms with Gasteiger partial charge in [-0.15, -0.1) is 0 Å². The number of nitrogens with zero attached hydrogens (tertiary/aromatic N) is 2. The zero-order valence-corrected chi connectivity index (χ0v) is 17.8. The molecule has 0 saturated heterocycles. The van der Waals surface area contributed by atoms with Crippen molar-refractivity contribution in [3.63, 3.8) is 0 Å². The number of carbonyl (C=O) groups excluding carboxylic acids is 1. The highest BCUT2D eigenvalue weighted by molar-refractivity contribution is 5.75. The third kappa shape index (κ3) is 5.71. The predicted molar refractivity (Wildman–Crippen MR) is 111 cm³/mol. The number of carboxylic acid groups (broad SMARTS) is 1. The highest BCUT2D eigenvalue weighted by Crippen LogP contribution is 2.28. The van der Waals surface area contributed by atoms with Crippen molar-refractivity contribution in [1.82, 2.24) is 15.1 Å². The molecule has 1 atom stereocenters. The largest absolute Gasteiger partial charge is 0.480 e. The fraction of sp³-hybridized carbons (Fsp3) is 0.636. The normalized spacial score (nSPS) is 20.0. The van der Waals surface area contributed by atoms with Gasteiger partial charge in [0, 0.05) is 18.6 Å². The van der Waals surface area contributed by atoms with Crippen LogP contribution in [0.2, 0.25) is 0 Å². The van der Waals surface area contributed by atoms with Gasteiger partial charge in [0.25, 0.3) is 0 Å². The van der Waals surface area contributed by atoms with E-state index in [1.54, 1.807) is 0 Å². The van der Waals surface area contributed by atoms with Crippen molar-refractivity contribution in [1.29, 1.82) is 0 Å². The summed E-state index contributed by atoms with van der Waals surface area (Å²) in [5.41, 5.74) is 2.36. The Balaban J connectivity index is 1.99. The molecule has 1 saturated carbocycles. The summed E-state index contributed by atoms with van der Waals surface area (Å²) in [6.07, 6.45) is 1.61. The van der Waals surface area contributed by atoms with Crippen LogP contribution in [0.25, 0.3) is 0 Å². The minimum absolute atomic E-state index is 0.00127. The smallest absolute Gasteiger partial charge is 0.318 e. The number of hydrogen-bond acceptors (Lipinski definition) is 3. The van der Waals surface area contributed by atoms with E-state index in [9.17, 15) is 9.59 Å². The molecule has 156 valence electrons. The molecule has 6 heteroatoms. The van der Waals surface area contributed by atoms with Gasteiger partial charge in [0.2, 0.25) is 0 Å². The summed E-state index contributed by atoms with van der Waals surface area (Å²) >= 11 is 0. The Morgan fingerprint density at radius 2 is 1.86 bits per heavy atom. The van der Waals surface area contributed by atoms with E-state index in [1.165, 1.54) is 11.1 Å². The van der Waals surface area contributed by atoms with Crippen molar-refractivity contribution >= 4 is 12.0 Å². The van der Waals surface area contributed by atoms with Gasteiger partial charge in [-0.25, -0.2) is 4.79 Å². The number of aliphatic carboxylic acids is 1. The lowest BCUT2D eigenvalue weighted by molar-refractivity contribution is -0.139. The number of carboxylic acids is 1. The van der Waals surface area contributed by atoms with E-state index in [-0.39, 0.29) is 30.7 Å². The van der Waals surface area contributed by atoms with Crippen LogP contribution < -0.4 is 5.32 Å². The van der Waals surface area contributed by atoms with E-state index in [1.807, 2.05) is 28.9 Å². The Bertz CT molecular complexity index is 671. The van der Waals surface area contributed by atoms with Gasteiger partial charge in [-0.2, -0.15) is 0 Å². The molecule has 28 heavy (non-hydrogen) atoms. The number of hydrogen-bond donors (Lipinski definition) is 2. The van der Waals surface area contributed by atoms with Crippen LogP contribution in [0.3, 0.4) is 0 Å². The van der Waals surface area contributed by atoms with Crippen molar-refractivity contribution in [3.05, 3.63) is 35.4 Å². The molecule has 1 unspecified atom stereocenters. The van der Waals surface area contributed by atoms with Crippen molar-refractivity contribution in [3.8, 4) is 0 Å². The summed E-state index contributed by atoms with van der Waals surface area (Å²) in [5.74, 6) is -0.429. The molecule has 1 aromatic rings. The van der Waals surface area contributed by atoms with Crippen LogP contribution in [0, 0.1) is 12.8 Å². The Morgan fingerprint density at radius 3 is 2.39 bits per heavy atom. The summed E-state index contributed by atoms with van der Waals surface area (Å²) in [4.78, 5) is 27.9. The Morgan fingerprint density at radius 1 is 1.21 bits per heavy atom. The zero-order valence-electron chi connectivity index (χ0n) is 17.8. The second-order valence-electron chi connectivity index (χ2n) is 8.31. The van der Waals surface area contributed by atoms with Gasteiger partial charge in [0.1, 0.15) is 0 Å². The lowest BCUT2D eigenvalue weighted by Gasteiger charge is -2.43. The van der Waals surface area contributed by atoms with Crippen molar-refractivity contribution in [2.75, 3.05) is 19.6 Å². The predicted octanol–water partition coefficient (Wildman–Crippen LogP) is 3.66. The highest BCUT2D eigenvalue weighted by Gasteiger charge is 2.36. The fourth-order valence-corrected chi connectivity index (χ4v) is 3.97. The molecule has 1 aromatic carbocycles. The minimum Gasteiger partial charge on any atom is -0.480 e. The maximum absolute atomic E-state index is 13.0. The molecule has 1 aliphatic rings. The van der Waals surface area contributed by atoms with Crippen LogP contribution >= 0.6 is 0 Å². The molecular weight excluding hydrogens is 354 g/mol. The Kier molecular flexibility index (Phi) is 7.87. The topological polar surface area (TPSA) is 72.9 Å². The molecule has 0 heterocycles. The van der Waals surface area contributed by atoms with Gasteiger partial charge in [0.05, 0.1) is 12.6 Å². The third-order valence-corrected chi connectivity index (χ3v) is 5.63. The van der Waals surface area contributed by atoms with Crippen molar-refractivity contribution in [2.45, 2.75) is 65.6 Å². The third-order valence-electron chi connectivity index (χ3n) is 5.63. The average molecular weight is 390 g/mol. The van der Waals surface area contributed by atoms with Gasteiger partial charge < -0.3 is 15.3 Å². The van der Waals surface area contributed by atoms with Crippen molar-refractivity contribution < 1.29 is 14.7 Å². The van der Waals surface area contributed by atoms with Gasteiger partial charge in [0.15, 0.2) is 0 Å². The van der Waals surface area contributed by atoms with Crippen molar-refractivity contribution in [2.24, 2.45) is 5.92 Å². The summed E-state index contributed by atoms with van der Waals surface area (Å²) in [5, 5.41) is 12.2. The summed E-state index contributed by atoms with van der Waals surface area (Å²) < 4.78 is 0. The molecule has 6 nitrogen and oxygen atoms in total.